The predicted octanol–water partition coefficient (Wildman–Crippen LogP) is 3.08. The Kier molecular flexibility index (Phi) is 3.31. The molecule has 0 aliphatic carbocycles. The maximum absolute atomic E-state index is 12.3. The van der Waals surface area contributed by atoms with Crippen LogP contribution in [-0.4, -0.2) is 29.5 Å². The molecule has 0 saturated carbocycles. The molecule has 1 aromatic rings. The van der Waals surface area contributed by atoms with Gasteiger partial charge in [-0.05, 0) is 24.3 Å². The normalized spacial score (nSPS) is 17.7. The molecular formula is C9H11F5O3S. The zero-order valence-corrected chi connectivity index (χ0v) is 9.72. The summed E-state index contributed by atoms with van der Waals surface area (Å²) in [6.07, 6.45) is -1.19. The van der Waals surface area contributed by atoms with Crippen molar-refractivity contribution in [3.63, 3.8) is 0 Å². The molecule has 0 aromatic heterocycles. The van der Waals surface area contributed by atoms with Gasteiger partial charge in [-0.1, -0.05) is 19.4 Å². The van der Waals surface area contributed by atoms with Gasteiger partial charge in [0.15, 0.2) is 0 Å². The van der Waals surface area contributed by atoms with E-state index >= 15 is 0 Å². The summed E-state index contributed by atoms with van der Waals surface area (Å²) in [5.74, 6) is -0.117. The van der Waals surface area contributed by atoms with Crippen molar-refractivity contribution in [3.05, 3.63) is 24.3 Å². The quantitative estimate of drug-likeness (QED) is 0.821. The minimum absolute atomic E-state index is 0.117. The molecule has 1 rings (SSSR count). The smallest absolute Gasteiger partial charge is 0.310 e. The topological polar surface area (TPSA) is 49.7 Å². The van der Waals surface area contributed by atoms with Crippen LogP contribution in [0.15, 0.2) is 29.2 Å². The monoisotopic (exact) mass is 294 g/mol. The maximum Gasteiger partial charge on any atom is 0.310 e. The summed E-state index contributed by atoms with van der Waals surface area (Å²) in [6.45, 7) is -0.935. The van der Waals surface area contributed by atoms with Crippen LogP contribution in [-0.2, 0) is 0 Å². The Bertz CT molecular complexity index is 415. The lowest BCUT2D eigenvalue weighted by Crippen LogP contribution is -2.21. The van der Waals surface area contributed by atoms with Gasteiger partial charge >= 0.3 is 10.2 Å². The first-order valence-electron chi connectivity index (χ1n) is 4.68. The van der Waals surface area contributed by atoms with E-state index in [2.05, 4.69) is 0 Å². The first kappa shape index (κ1) is 15.0. The molecule has 0 amide bonds. The van der Waals surface area contributed by atoms with Gasteiger partial charge in [-0.15, -0.1) is 0 Å². The summed E-state index contributed by atoms with van der Waals surface area (Å²) in [5, 5.41) is 17.4. The van der Waals surface area contributed by atoms with Gasteiger partial charge in [0.1, 0.15) is 23.4 Å². The molecule has 0 heterocycles. The van der Waals surface area contributed by atoms with Crippen LogP contribution in [0, 0.1) is 0 Å². The highest BCUT2D eigenvalue weighted by Gasteiger charge is 2.65. The molecule has 0 aliphatic heterocycles. The average Bonchev–Trinajstić information content (AvgIpc) is 2.23. The molecule has 0 spiro atoms. The SMILES string of the molecule is OC[C@H](O)COc1ccc(S(F)(F)(F)(F)F)cc1. The summed E-state index contributed by atoms with van der Waals surface area (Å²) >= 11 is 0. The highest BCUT2D eigenvalue weighted by molar-refractivity contribution is 8.45. The minimum Gasteiger partial charge on any atom is -0.491 e. The van der Waals surface area contributed by atoms with Crippen LogP contribution >= 0.6 is 10.2 Å². The molecule has 0 aliphatic rings. The van der Waals surface area contributed by atoms with Crippen LogP contribution in [0.4, 0.5) is 19.4 Å². The Morgan fingerprint density at radius 1 is 1.06 bits per heavy atom. The Morgan fingerprint density at radius 2 is 1.56 bits per heavy atom. The lowest BCUT2D eigenvalue weighted by Gasteiger charge is -2.40. The molecule has 0 unspecified atom stereocenters. The Morgan fingerprint density at radius 3 is 1.94 bits per heavy atom. The lowest BCUT2D eigenvalue weighted by molar-refractivity contribution is 0.0536. The number of aliphatic hydroxyl groups is 2. The number of ether oxygens (including phenoxy) is 1. The zero-order valence-electron chi connectivity index (χ0n) is 8.90. The van der Waals surface area contributed by atoms with Crippen molar-refractivity contribution in [2.75, 3.05) is 13.2 Å². The van der Waals surface area contributed by atoms with E-state index in [0.717, 1.165) is 12.1 Å². The van der Waals surface area contributed by atoms with Gasteiger partial charge in [-0.25, -0.2) is 0 Å². The van der Waals surface area contributed by atoms with E-state index in [-0.39, 0.29) is 24.5 Å². The van der Waals surface area contributed by atoms with Crippen LogP contribution < -0.4 is 4.74 Å². The molecule has 1 atom stereocenters. The summed E-state index contributed by atoms with van der Waals surface area (Å²) in [5.41, 5.74) is 0. The van der Waals surface area contributed by atoms with Crippen LogP contribution in [0.25, 0.3) is 0 Å². The molecular weight excluding hydrogens is 283 g/mol. The van der Waals surface area contributed by atoms with Gasteiger partial charge in [0.05, 0.1) is 6.61 Å². The average molecular weight is 294 g/mol. The van der Waals surface area contributed by atoms with Crippen LogP contribution in [0.1, 0.15) is 0 Å². The highest BCUT2D eigenvalue weighted by Crippen LogP contribution is 3.02. The third-order valence-electron chi connectivity index (χ3n) is 1.92. The zero-order chi connectivity index (χ0) is 14.1. The van der Waals surface area contributed by atoms with Crippen molar-refractivity contribution in [2.24, 2.45) is 0 Å². The van der Waals surface area contributed by atoms with Crippen molar-refractivity contribution in [2.45, 2.75) is 11.0 Å². The summed E-state index contributed by atoms with van der Waals surface area (Å²) in [6, 6.07) is 1.86. The number of aliphatic hydroxyl groups excluding tert-OH is 2. The molecule has 106 valence electrons. The van der Waals surface area contributed by atoms with E-state index in [1.807, 2.05) is 0 Å². The molecule has 9 heteroatoms. The number of halogens is 5. The van der Waals surface area contributed by atoms with Gasteiger partial charge in [0.2, 0.25) is 0 Å². The largest absolute Gasteiger partial charge is 0.491 e. The third kappa shape index (κ3) is 4.31. The molecule has 3 nitrogen and oxygen atoms in total. The molecule has 0 radical (unpaired) electrons. The molecule has 0 saturated heterocycles. The Balaban J connectivity index is 2.82. The van der Waals surface area contributed by atoms with Gasteiger partial charge < -0.3 is 14.9 Å². The first-order chi connectivity index (χ1) is 7.92. The van der Waals surface area contributed by atoms with Crippen LogP contribution in [0.5, 0.6) is 5.75 Å². The number of benzene rings is 1. The molecule has 2 N–H and O–H groups in total. The van der Waals surface area contributed by atoms with E-state index in [1.165, 1.54) is 0 Å². The fourth-order valence-corrected chi connectivity index (χ4v) is 1.69. The van der Waals surface area contributed by atoms with Crippen molar-refractivity contribution < 1.29 is 34.4 Å². The van der Waals surface area contributed by atoms with E-state index in [4.69, 9.17) is 14.9 Å². The van der Waals surface area contributed by atoms with Gasteiger partial charge in [-0.3, -0.25) is 0 Å². The fourth-order valence-electron chi connectivity index (χ4n) is 1.04. The number of hydrogen-bond acceptors (Lipinski definition) is 3. The van der Waals surface area contributed by atoms with E-state index in [1.54, 1.807) is 0 Å². The predicted molar refractivity (Wildman–Crippen MR) is 56.4 cm³/mol. The van der Waals surface area contributed by atoms with Crippen LogP contribution in [0.2, 0.25) is 0 Å². The summed E-state index contributed by atoms with van der Waals surface area (Å²) in [7, 11) is -9.65. The van der Waals surface area contributed by atoms with Crippen molar-refractivity contribution >= 4 is 10.2 Å². The summed E-state index contributed by atoms with van der Waals surface area (Å²) < 4.78 is 66.5. The van der Waals surface area contributed by atoms with E-state index in [9.17, 15) is 19.4 Å². The van der Waals surface area contributed by atoms with Crippen LogP contribution in [0.3, 0.4) is 0 Å². The molecule has 0 bridgehead atoms. The number of rotatable bonds is 5. The lowest BCUT2D eigenvalue weighted by atomic mass is 10.3. The second-order valence-electron chi connectivity index (χ2n) is 3.59. The van der Waals surface area contributed by atoms with Gasteiger partial charge in [0, 0.05) is 0 Å². The maximum atomic E-state index is 12.3. The highest BCUT2D eigenvalue weighted by atomic mass is 32.5. The standard InChI is InChI=1S/C9H11F5O3S/c10-18(11,12,13,14)9-3-1-8(2-4-9)17-6-7(16)5-15/h1-4,7,15-16H,5-6H2/t7-/m0/s1. The molecule has 1 aromatic carbocycles. The fraction of sp³-hybridized carbons (Fsp3) is 0.333. The number of hydrogen-bond donors (Lipinski definition) is 2. The summed E-state index contributed by atoms with van der Waals surface area (Å²) in [4.78, 5) is -2.01. The van der Waals surface area contributed by atoms with Crippen molar-refractivity contribution in [1.82, 2.24) is 0 Å². The Hall–Kier alpha value is -1.06. The molecule has 18 heavy (non-hydrogen) atoms. The van der Waals surface area contributed by atoms with Crippen molar-refractivity contribution in [1.29, 1.82) is 0 Å². The molecule has 0 fully saturated rings. The van der Waals surface area contributed by atoms with Gasteiger partial charge in [0.25, 0.3) is 0 Å². The third-order valence-corrected chi connectivity index (χ3v) is 3.09. The minimum atomic E-state index is -9.65. The first-order valence-corrected chi connectivity index (χ1v) is 6.63. The second-order valence-corrected chi connectivity index (χ2v) is 6.00. The van der Waals surface area contributed by atoms with Gasteiger partial charge in [-0.2, -0.15) is 0 Å². The van der Waals surface area contributed by atoms with E-state index in [0.29, 0.717) is 0 Å². The van der Waals surface area contributed by atoms with E-state index < -0.39 is 27.8 Å². The second kappa shape index (κ2) is 3.97. The van der Waals surface area contributed by atoms with Crippen molar-refractivity contribution in [3.8, 4) is 5.75 Å². The Labute approximate surface area is 99.5 Å².